The molecule has 0 aliphatic heterocycles. The predicted molar refractivity (Wildman–Crippen MR) is 104 cm³/mol. The number of hydrogen-bond acceptors (Lipinski definition) is 4. The zero-order valence-corrected chi connectivity index (χ0v) is 15.9. The molecule has 5 nitrogen and oxygen atoms in total. The maximum absolute atomic E-state index is 11.2. The molecular formula is C19H23BrN2O3. The first-order valence-electron chi connectivity index (χ1n) is 8.38. The van der Waals surface area contributed by atoms with E-state index < -0.39 is 0 Å². The van der Waals surface area contributed by atoms with Crippen LogP contribution in [0, 0.1) is 17.0 Å². The van der Waals surface area contributed by atoms with Crippen molar-refractivity contribution in [2.45, 2.75) is 32.8 Å². The molecule has 134 valence electrons. The maximum Gasteiger partial charge on any atom is 0.296 e. The fourth-order valence-corrected chi connectivity index (χ4v) is 2.87. The van der Waals surface area contributed by atoms with Crippen molar-refractivity contribution in [3.05, 3.63) is 68.2 Å². The highest BCUT2D eigenvalue weighted by Gasteiger charge is 2.18. The maximum atomic E-state index is 11.2. The van der Waals surface area contributed by atoms with Crippen LogP contribution in [0.2, 0.25) is 0 Å². The number of nitro benzene ring substituents is 1. The van der Waals surface area contributed by atoms with Gasteiger partial charge in [0.25, 0.3) is 5.69 Å². The number of halogens is 1. The third-order valence-corrected chi connectivity index (χ3v) is 4.80. The van der Waals surface area contributed by atoms with E-state index in [0.29, 0.717) is 24.4 Å². The van der Waals surface area contributed by atoms with Crippen molar-refractivity contribution < 1.29 is 9.66 Å². The largest absolute Gasteiger partial charge is 0.379 e. The molecule has 1 N–H and O–H groups in total. The summed E-state index contributed by atoms with van der Waals surface area (Å²) in [5.74, 6) is 0. The molecule has 2 rings (SSSR count). The number of anilines is 1. The van der Waals surface area contributed by atoms with Gasteiger partial charge in [0, 0.05) is 23.2 Å². The number of unbranched alkanes of at least 4 members (excludes halogenated alkanes) is 2. The van der Waals surface area contributed by atoms with Crippen LogP contribution >= 0.6 is 15.9 Å². The first-order valence-corrected chi connectivity index (χ1v) is 9.18. The van der Waals surface area contributed by atoms with E-state index in [2.05, 4.69) is 33.4 Å². The topological polar surface area (TPSA) is 64.4 Å². The van der Waals surface area contributed by atoms with Gasteiger partial charge in [-0.3, -0.25) is 10.1 Å². The molecule has 0 saturated carbocycles. The van der Waals surface area contributed by atoms with Gasteiger partial charge in [-0.25, -0.2) is 0 Å². The number of nitrogens with zero attached hydrogens (tertiary/aromatic N) is 1. The highest BCUT2D eigenvalue weighted by Crippen LogP contribution is 2.33. The van der Waals surface area contributed by atoms with Gasteiger partial charge in [-0.1, -0.05) is 46.3 Å². The smallest absolute Gasteiger partial charge is 0.296 e. The molecule has 0 radical (unpaired) electrons. The highest BCUT2D eigenvalue weighted by molar-refractivity contribution is 9.10. The highest BCUT2D eigenvalue weighted by atomic mass is 79.9. The Hall–Kier alpha value is -1.92. The average molecular weight is 407 g/mol. The Bertz CT molecular complexity index is 693. The molecule has 0 aliphatic rings. The number of benzene rings is 2. The summed E-state index contributed by atoms with van der Waals surface area (Å²) >= 11 is 3.34. The first-order chi connectivity index (χ1) is 12.1. The van der Waals surface area contributed by atoms with E-state index in [9.17, 15) is 10.1 Å². The molecule has 25 heavy (non-hydrogen) atoms. The lowest BCUT2D eigenvalue weighted by Gasteiger charge is -2.10. The zero-order chi connectivity index (χ0) is 18.1. The number of ether oxygens (including phenoxy) is 1. The lowest BCUT2D eigenvalue weighted by atomic mass is 10.1. The van der Waals surface area contributed by atoms with Gasteiger partial charge in [-0.05, 0) is 43.9 Å². The summed E-state index contributed by atoms with van der Waals surface area (Å²) in [6.07, 6.45) is 2.95. The van der Waals surface area contributed by atoms with Crippen molar-refractivity contribution >= 4 is 27.3 Å². The van der Waals surface area contributed by atoms with E-state index in [0.717, 1.165) is 30.3 Å². The van der Waals surface area contributed by atoms with E-state index in [-0.39, 0.29) is 10.6 Å². The summed E-state index contributed by atoms with van der Waals surface area (Å²) in [6.45, 7) is 3.83. The molecule has 6 heteroatoms. The van der Waals surface area contributed by atoms with Crippen LogP contribution in [0.5, 0.6) is 0 Å². The van der Waals surface area contributed by atoms with E-state index >= 15 is 0 Å². The van der Waals surface area contributed by atoms with Gasteiger partial charge in [0.05, 0.1) is 11.5 Å². The third-order valence-electron chi connectivity index (χ3n) is 3.94. The predicted octanol–water partition coefficient (Wildman–Crippen LogP) is 5.46. The van der Waals surface area contributed by atoms with Crippen LogP contribution in [0.3, 0.4) is 0 Å². The number of rotatable bonds is 10. The molecule has 2 aromatic carbocycles. The second-order valence-electron chi connectivity index (χ2n) is 5.85. The van der Waals surface area contributed by atoms with Crippen molar-refractivity contribution in [2.75, 3.05) is 18.5 Å². The number of nitro groups is 1. The molecule has 0 heterocycles. The summed E-state index contributed by atoms with van der Waals surface area (Å²) in [7, 11) is 0. The Balaban J connectivity index is 1.65. The molecule has 0 atom stereocenters. The van der Waals surface area contributed by atoms with Gasteiger partial charge in [0.1, 0.15) is 5.69 Å². The van der Waals surface area contributed by atoms with Crippen molar-refractivity contribution in [3.63, 3.8) is 0 Å². The minimum absolute atomic E-state index is 0.139. The molecule has 0 aromatic heterocycles. The van der Waals surface area contributed by atoms with E-state index in [1.54, 1.807) is 13.0 Å². The standard InChI is InChI=1S/C19H23BrN2O3/c1-15-17(20)10-11-18(19(15)22(23)24)21-12-6-3-7-13-25-14-16-8-4-2-5-9-16/h2,4-5,8-11,21H,3,6-7,12-14H2,1H3. The Morgan fingerprint density at radius 2 is 1.88 bits per heavy atom. The van der Waals surface area contributed by atoms with Crippen molar-refractivity contribution in [2.24, 2.45) is 0 Å². The van der Waals surface area contributed by atoms with Gasteiger partial charge in [0.2, 0.25) is 0 Å². The lowest BCUT2D eigenvalue weighted by Crippen LogP contribution is -2.06. The number of hydrogen-bond donors (Lipinski definition) is 1. The Morgan fingerprint density at radius 3 is 2.60 bits per heavy atom. The van der Waals surface area contributed by atoms with Crippen LogP contribution in [0.4, 0.5) is 11.4 Å². The molecule has 0 spiro atoms. The van der Waals surface area contributed by atoms with Crippen LogP contribution < -0.4 is 5.32 Å². The Kier molecular flexibility index (Phi) is 7.88. The van der Waals surface area contributed by atoms with Gasteiger partial charge in [0.15, 0.2) is 0 Å². The summed E-state index contributed by atoms with van der Waals surface area (Å²) in [5.41, 5.74) is 2.54. The fourth-order valence-electron chi connectivity index (χ4n) is 2.55. The zero-order valence-electron chi connectivity index (χ0n) is 14.3. The quantitative estimate of drug-likeness (QED) is 0.323. The average Bonchev–Trinajstić information content (AvgIpc) is 2.60. The molecule has 0 bridgehead atoms. The van der Waals surface area contributed by atoms with Crippen LogP contribution in [0.25, 0.3) is 0 Å². The van der Waals surface area contributed by atoms with Crippen molar-refractivity contribution in [1.82, 2.24) is 0 Å². The van der Waals surface area contributed by atoms with Crippen molar-refractivity contribution in [3.8, 4) is 0 Å². The minimum atomic E-state index is -0.333. The monoisotopic (exact) mass is 406 g/mol. The van der Waals surface area contributed by atoms with Crippen LogP contribution in [-0.2, 0) is 11.3 Å². The first kappa shape index (κ1) is 19.4. The second-order valence-corrected chi connectivity index (χ2v) is 6.71. The normalized spacial score (nSPS) is 10.6. The van der Waals surface area contributed by atoms with Crippen LogP contribution in [0.1, 0.15) is 30.4 Å². The van der Waals surface area contributed by atoms with Crippen molar-refractivity contribution in [1.29, 1.82) is 0 Å². The SMILES string of the molecule is Cc1c(Br)ccc(NCCCCCOCc2ccccc2)c1[N+](=O)[O-]. The van der Waals surface area contributed by atoms with Crippen LogP contribution in [-0.4, -0.2) is 18.1 Å². The third kappa shape index (κ3) is 6.14. The molecular weight excluding hydrogens is 384 g/mol. The lowest BCUT2D eigenvalue weighted by molar-refractivity contribution is -0.384. The molecule has 2 aromatic rings. The van der Waals surface area contributed by atoms with Gasteiger partial charge >= 0.3 is 0 Å². The summed E-state index contributed by atoms with van der Waals surface area (Å²) in [6, 6.07) is 13.7. The van der Waals surface area contributed by atoms with E-state index in [4.69, 9.17) is 4.74 Å². The Morgan fingerprint density at radius 1 is 1.12 bits per heavy atom. The molecule has 0 fully saturated rings. The summed E-state index contributed by atoms with van der Waals surface area (Å²) in [5, 5.41) is 14.4. The summed E-state index contributed by atoms with van der Waals surface area (Å²) < 4.78 is 6.40. The molecule has 0 unspecified atom stereocenters. The molecule has 0 aliphatic carbocycles. The number of nitrogens with one attached hydrogen (secondary N) is 1. The van der Waals surface area contributed by atoms with Crippen LogP contribution in [0.15, 0.2) is 46.9 Å². The van der Waals surface area contributed by atoms with E-state index in [1.165, 1.54) is 5.56 Å². The second kappa shape index (κ2) is 10.2. The van der Waals surface area contributed by atoms with E-state index in [1.807, 2.05) is 24.3 Å². The Labute approximate surface area is 156 Å². The summed E-state index contributed by atoms with van der Waals surface area (Å²) in [4.78, 5) is 10.9. The molecule has 0 saturated heterocycles. The minimum Gasteiger partial charge on any atom is -0.379 e. The fraction of sp³-hybridized carbons (Fsp3) is 0.368. The van der Waals surface area contributed by atoms with Gasteiger partial charge in [-0.15, -0.1) is 0 Å². The van der Waals surface area contributed by atoms with Gasteiger partial charge < -0.3 is 10.1 Å². The van der Waals surface area contributed by atoms with Gasteiger partial charge in [-0.2, -0.15) is 0 Å². The molecule has 0 amide bonds.